The molecule has 0 spiro atoms. The average molecular weight is 379 g/mol. The van der Waals surface area contributed by atoms with E-state index in [4.69, 9.17) is 23.2 Å². The molecule has 1 aliphatic heterocycles. The summed E-state index contributed by atoms with van der Waals surface area (Å²) in [5.74, 6) is -0.346. The molecule has 0 atom stereocenters. The van der Waals surface area contributed by atoms with Crippen molar-refractivity contribution in [2.24, 2.45) is 5.92 Å². The Balaban J connectivity index is 2.03. The first-order valence-corrected chi connectivity index (χ1v) is 9.90. The Morgan fingerprint density at radius 2 is 1.83 bits per heavy atom. The zero-order valence-corrected chi connectivity index (χ0v) is 15.2. The van der Waals surface area contributed by atoms with Crippen LogP contribution in [-0.2, 0) is 20.6 Å². The summed E-state index contributed by atoms with van der Waals surface area (Å²) >= 11 is 12.1. The van der Waals surface area contributed by atoms with E-state index in [1.165, 1.54) is 4.31 Å². The lowest BCUT2D eigenvalue weighted by Crippen LogP contribution is -2.43. The molecular weight excluding hydrogens is 359 g/mol. The number of carbonyl (C=O) groups excluding carboxylic acids is 1. The number of halogens is 2. The fraction of sp³-hybridized carbons (Fsp3) is 0.533. The molecule has 0 saturated carbocycles. The lowest BCUT2D eigenvalue weighted by Gasteiger charge is -2.30. The van der Waals surface area contributed by atoms with E-state index in [0.717, 1.165) is 0 Å². The molecule has 0 radical (unpaired) electrons. The van der Waals surface area contributed by atoms with Gasteiger partial charge in [-0.3, -0.25) is 4.79 Å². The molecule has 0 unspecified atom stereocenters. The molecule has 1 amide bonds. The van der Waals surface area contributed by atoms with E-state index >= 15 is 0 Å². The summed E-state index contributed by atoms with van der Waals surface area (Å²) in [6, 6.07) is 4.93. The molecule has 23 heavy (non-hydrogen) atoms. The lowest BCUT2D eigenvalue weighted by atomic mass is 9.97. The zero-order chi connectivity index (χ0) is 17.0. The van der Waals surface area contributed by atoms with Gasteiger partial charge in [-0.05, 0) is 31.9 Å². The molecule has 2 rings (SSSR count). The van der Waals surface area contributed by atoms with Gasteiger partial charge in [0, 0.05) is 41.2 Å². The minimum Gasteiger partial charge on any atom is -0.356 e. The van der Waals surface area contributed by atoms with Crippen LogP contribution in [0.5, 0.6) is 0 Å². The van der Waals surface area contributed by atoms with Crippen LogP contribution in [0.25, 0.3) is 0 Å². The standard InChI is InChI=1S/C15H20Cl2N2O3S/c1-2-18-15(20)11-6-8-19(9-7-11)23(21,22)10-12-13(16)4-3-5-14(12)17/h3-5,11H,2,6-10H2,1H3,(H,18,20). The highest BCUT2D eigenvalue weighted by atomic mass is 35.5. The maximum absolute atomic E-state index is 12.6. The Bertz CT molecular complexity index is 651. The molecule has 1 saturated heterocycles. The third-order valence-electron chi connectivity index (χ3n) is 3.96. The van der Waals surface area contributed by atoms with Gasteiger partial charge in [0.15, 0.2) is 0 Å². The van der Waals surface area contributed by atoms with Crippen molar-refractivity contribution >= 4 is 39.1 Å². The Morgan fingerprint density at radius 3 is 2.35 bits per heavy atom. The van der Waals surface area contributed by atoms with Crippen LogP contribution in [0.1, 0.15) is 25.3 Å². The average Bonchev–Trinajstić information content (AvgIpc) is 2.51. The van der Waals surface area contributed by atoms with Crippen LogP contribution in [-0.4, -0.2) is 38.3 Å². The van der Waals surface area contributed by atoms with E-state index in [-0.39, 0.29) is 17.6 Å². The maximum atomic E-state index is 12.6. The van der Waals surface area contributed by atoms with Crippen LogP contribution < -0.4 is 5.32 Å². The monoisotopic (exact) mass is 378 g/mol. The van der Waals surface area contributed by atoms with Crippen molar-refractivity contribution in [2.45, 2.75) is 25.5 Å². The lowest BCUT2D eigenvalue weighted by molar-refractivity contribution is -0.126. The van der Waals surface area contributed by atoms with Gasteiger partial charge in [0.25, 0.3) is 0 Å². The number of nitrogens with zero attached hydrogens (tertiary/aromatic N) is 1. The number of nitrogens with one attached hydrogen (secondary N) is 1. The van der Waals surface area contributed by atoms with E-state index in [0.29, 0.717) is 48.1 Å². The van der Waals surface area contributed by atoms with Crippen molar-refractivity contribution in [3.05, 3.63) is 33.8 Å². The minimum absolute atomic E-state index is 0.00121. The van der Waals surface area contributed by atoms with E-state index < -0.39 is 10.0 Å². The molecule has 1 aromatic rings. The highest BCUT2D eigenvalue weighted by molar-refractivity contribution is 7.88. The molecule has 1 aliphatic rings. The maximum Gasteiger partial charge on any atom is 0.223 e. The first-order valence-electron chi connectivity index (χ1n) is 7.53. The quantitative estimate of drug-likeness (QED) is 0.856. The number of hydrogen-bond acceptors (Lipinski definition) is 3. The fourth-order valence-electron chi connectivity index (χ4n) is 2.66. The highest BCUT2D eigenvalue weighted by Crippen LogP contribution is 2.28. The van der Waals surface area contributed by atoms with Gasteiger partial charge >= 0.3 is 0 Å². The summed E-state index contributed by atoms with van der Waals surface area (Å²) < 4.78 is 26.6. The highest BCUT2D eigenvalue weighted by Gasteiger charge is 2.31. The second-order valence-corrected chi connectivity index (χ2v) is 8.31. The molecule has 1 heterocycles. The number of piperidine rings is 1. The molecule has 1 N–H and O–H groups in total. The normalized spacial score (nSPS) is 17.2. The molecule has 8 heteroatoms. The van der Waals surface area contributed by atoms with Gasteiger partial charge in [0.05, 0.1) is 5.75 Å². The van der Waals surface area contributed by atoms with Crippen LogP contribution in [0.2, 0.25) is 10.0 Å². The Kier molecular flexibility index (Phi) is 6.31. The number of hydrogen-bond donors (Lipinski definition) is 1. The van der Waals surface area contributed by atoms with Crippen molar-refractivity contribution in [1.82, 2.24) is 9.62 Å². The predicted octanol–water partition coefficient (Wildman–Crippen LogP) is 2.67. The number of sulfonamides is 1. The number of amides is 1. The molecule has 0 bridgehead atoms. The molecule has 5 nitrogen and oxygen atoms in total. The zero-order valence-electron chi connectivity index (χ0n) is 12.9. The molecule has 1 fully saturated rings. The van der Waals surface area contributed by atoms with Crippen molar-refractivity contribution in [3.8, 4) is 0 Å². The minimum atomic E-state index is -3.51. The van der Waals surface area contributed by atoms with E-state index in [1.54, 1.807) is 18.2 Å². The van der Waals surface area contributed by atoms with Crippen LogP contribution in [0.3, 0.4) is 0 Å². The Hall–Kier alpha value is -0.820. The third kappa shape index (κ3) is 4.59. The van der Waals surface area contributed by atoms with E-state index in [2.05, 4.69) is 5.32 Å². The second kappa shape index (κ2) is 7.83. The fourth-order valence-corrected chi connectivity index (χ4v) is 4.97. The summed E-state index contributed by atoms with van der Waals surface area (Å²) in [5, 5.41) is 3.47. The first-order chi connectivity index (χ1) is 10.8. The largest absolute Gasteiger partial charge is 0.356 e. The van der Waals surface area contributed by atoms with Gasteiger partial charge in [-0.25, -0.2) is 12.7 Å². The molecule has 0 aromatic heterocycles. The predicted molar refractivity (Wildman–Crippen MR) is 92.1 cm³/mol. The van der Waals surface area contributed by atoms with Gasteiger partial charge < -0.3 is 5.32 Å². The van der Waals surface area contributed by atoms with Crippen molar-refractivity contribution in [1.29, 1.82) is 0 Å². The number of rotatable bonds is 5. The SMILES string of the molecule is CCNC(=O)C1CCN(S(=O)(=O)Cc2c(Cl)cccc2Cl)CC1. The topological polar surface area (TPSA) is 66.5 Å². The molecule has 128 valence electrons. The van der Waals surface area contributed by atoms with E-state index in [1.807, 2.05) is 6.92 Å². The molecule has 0 aliphatic carbocycles. The summed E-state index contributed by atoms with van der Waals surface area (Å²) in [7, 11) is -3.51. The van der Waals surface area contributed by atoms with Crippen LogP contribution in [0.4, 0.5) is 0 Å². The number of benzene rings is 1. The third-order valence-corrected chi connectivity index (χ3v) is 6.47. The van der Waals surface area contributed by atoms with E-state index in [9.17, 15) is 13.2 Å². The summed E-state index contributed by atoms with van der Waals surface area (Å²) in [6.07, 6.45) is 1.06. The van der Waals surface area contributed by atoms with Gasteiger partial charge in [0.1, 0.15) is 0 Å². The van der Waals surface area contributed by atoms with Crippen LogP contribution in [0.15, 0.2) is 18.2 Å². The summed E-state index contributed by atoms with van der Waals surface area (Å²) in [5.41, 5.74) is 0.418. The first kappa shape index (κ1) is 18.5. The van der Waals surface area contributed by atoms with Gasteiger partial charge in [-0.1, -0.05) is 29.3 Å². The number of carbonyl (C=O) groups is 1. The van der Waals surface area contributed by atoms with Crippen molar-refractivity contribution in [3.63, 3.8) is 0 Å². The van der Waals surface area contributed by atoms with Crippen LogP contribution >= 0.6 is 23.2 Å². The smallest absolute Gasteiger partial charge is 0.223 e. The van der Waals surface area contributed by atoms with Crippen molar-refractivity contribution < 1.29 is 13.2 Å². The van der Waals surface area contributed by atoms with Crippen molar-refractivity contribution in [2.75, 3.05) is 19.6 Å². The van der Waals surface area contributed by atoms with Gasteiger partial charge in [-0.2, -0.15) is 0 Å². The van der Waals surface area contributed by atoms with Crippen LogP contribution in [0, 0.1) is 5.92 Å². The van der Waals surface area contributed by atoms with Gasteiger partial charge in [0.2, 0.25) is 15.9 Å². The summed E-state index contributed by atoms with van der Waals surface area (Å²) in [4.78, 5) is 11.8. The molecule has 1 aromatic carbocycles. The van der Waals surface area contributed by atoms with Gasteiger partial charge in [-0.15, -0.1) is 0 Å². The Morgan fingerprint density at radius 1 is 1.26 bits per heavy atom. The summed E-state index contributed by atoms with van der Waals surface area (Å²) in [6.45, 7) is 3.13. The molecular formula is C15H20Cl2N2O3S. The Labute approximate surface area is 147 Å². The second-order valence-electron chi connectivity index (χ2n) is 5.52.